The number of alkyl halides is 1. The van der Waals surface area contributed by atoms with Crippen molar-refractivity contribution in [1.29, 1.82) is 0 Å². The molecule has 206 valence electrons. The second kappa shape index (κ2) is 11.3. The number of methoxy groups -OCH3 is 1. The lowest BCUT2D eigenvalue weighted by Crippen LogP contribution is -2.36. The molecule has 4 heterocycles. The zero-order valence-electron chi connectivity index (χ0n) is 21.9. The van der Waals surface area contributed by atoms with Crippen LogP contribution in [-0.4, -0.2) is 31.8 Å². The van der Waals surface area contributed by atoms with Gasteiger partial charge in [-0.1, -0.05) is 40.8 Å². The lowest BCUT2D eigenvalue weighted by Gasteiger charge is -2.31. The number of thiophene rings is 1. The van der Waals surface area contributed by atoms with E-state index in [-0.39, 0.29) is 9.80 Å². The van der Waals surface area contributed by atoms with Crippen LogP contribution in [0.5, 0.6) is 11.5 Å². The maximum Gasteiger partial charge on any atom is 0.258 e. The number of benzene rings is 2. The first-order chi connectivity index (χ1) is 19.9. The number of halogens is 2. The van der Waals surface area contributed by atoms with Gasteiger partial charge in [-0.25, -0.2) is 4.39 Å². The maximum atomic E-state index is 15.2. The third kappa shape index (κ3) is 5.42. The molecule has 5 aromatic rings. The Labute approximate surface area is 252 Å². The fraction of sp³-hybridized carbons (Fsp3) is 0.100. The molecule has 8 nitrogen and oxygen atoms in total. The molecule has 0 saturated carbocycles. The molecule has 6 rings (SSSR count). The molecule has 0 spiro atoms. The van der Waals surface area contributed by atoms with Crippen LogP contribution in [0.4, 0.5) is 15.8 Å². The molecular formula is C30H23FIN5O3S. The number of hydrogen-bond acceptors (Lipinski definition) is 7. The second-order valence-corrected chi connectivity index (χ2v) is 11.3. The number of carbonyl (C=O) groups excluding carboxylic acids is 1. The van der Waals surface area contributed by atoms with Crippen LogP contribution in [0.3, 0.4) is 0 Å². The lowest BCUT2D eigenvalue weighted by atomic mass is 10.1. The van der Waals surface area contributed by atoms with Gasteiger partial charge in [0.2, 0.25) is 0 Å². The molecule has 1 aliphatic rings. The van der Waals surface area contributed by atoms with Gasteiger partial charge in [0.25, 0.3) is 5.91 Å². The summed E-state index contributed by atoms with van der Waals surface area (Å²) >= 11 is 3.69. The van der Waals surface area contributed by atoms with E-state index < -0.39 is 11.7 Å². The van der Waals surface area contributed by atoms with Crippen molar-refractivity contribution in [3.63, 3.8) is 0 Å². The van der Waals surface area contributed by atoms with Crippen LogP contribution >= 0.6 is 33.9 Å². The number of aromatic nitrogens is 3. The molecule has 1 unspecified atom stereocenters. The van der Waals surface area contributed by atoms with Gasteiger partial charge >= 0.3 is 0 Å². The molecule has 2 aromatic carbocycles. The summed E-state index contributed by atoms with van der Waals surface area (Å²) < 4.78 is 28.9. The summed E-state index contributed by atoms with van der Waals surface area (Å²) in [5.74, 6) is -0.0392. The smallest absolute Gasteiger partial charge is 0.258 e. The second-order valence-electron chi connectivity index (χ2n) is 9.11. The fourth-order valence-electron chi connectivity index (χ4n) is 4.45. The number of nitrogens with one attached hydrogen (secondary N) is 1. The zero-order chi connectivity index (χ0) is 28.5. The number of carbonyl (C=O) groups is 1. The Hall–Kier alpha value is -4.23. The molecule has 3 aromatic heterocycles. The molecule has 0 saturated heterocycles. The maximum absolute atomic E-state index is 15.2. The first-order valence-corrected chi connectivity index (χ1v) is 14.6. The third-order valence-electron chi connectivity index (χ3n) is 6.43. The highest BCUT2D eigenvalue weighted by Gasteiger charge is 2.31. The molecule has 0 radical (unpaired) electrons. The third-order valence-corrected chi connectivity index (χ3v) is 8.84. The monoisotopic (exact) mass is 679 g/mol. The summed E-state index contributed by atoms with van der Waals surface area (Å²) in [4.78, 5) is 20.8. The topological polar surface area (TPSA) is 81.5 Å². The number of anilines is 2. The fourth-order valence-corrected chi connectivity index (χ4v) is 6.59. The molecular weight excluding hydrogens is 656 g/mol. The molecule has 0 fully saturated rings. The van der Waals surface area contributed by atoms with Crippen LogP contribution in [0.15, 0.2) is 103 Å². The van der Waals surface area contributed by atoms with E-state index in [0.717, 1.165) is 26.3 Å². The van der Waals surface area contributed by atoms with Crippen molar-refractivity contribution in [3.05, 3.63) is 109 Å². The molecule has 41 heavy (non-hydrogen) atoms. The molecule has 1 N–H and O–H groups in total. The van der Waals surface area contributed by atoms with Crippen molar-refractivity contribution < 1.29 is 18.7 Å². The van der Waals surface area contributed by atoms with Gasteiger partial charge in [0, 0.05) is 59.6 Å². The zero-order valence-corrected chi connectivity index (χ0v) is 24.9. The van der Waals surface area contributed by atoms with E-state index in [0.29, 0.717) is 22.8 Å². The van der Waals surface area contributed by atoms with E-state index in [2.05, 4.69) is 38.0 Å². The highest BCUT2D eigenvalue weighted by molar-refractivity contribution is 14.1. The Morgan fingerprint density at radius 1 is 1.12 bits per heavy atom. The molecule has 11 heteroatoms. The summed E-state index contributed by atoms with van der Waals surface area (Å²) in [5, 5.41) is 7.04. The van der Waals surface area contributed by atoms with Crippen LogP contribution in [0.25, 0.3) is 20.7 Å². The van der Waals surface area contributed by atoms with Crippen molar-refractivity contribution in [3.8, 4) is 21.9 Å². The number of rotatable bonds is 7. The van der Waals surface area contributed by atoms with E-state index in [1.54, 1.807) is 35.3 Å². The van der Waals surface area contributed by atoms with Crippen LogP contribution in [0.1, 0.15) is 0 Å². The van der Waals surface area contributed by atoms with E-state index >= 15 is 4.39 Å². The summed E-state index contributed by atoms with van der Waals surface area (Å²) in [6, 6.07) is 17.7. The van der Waals surface area contributed by atoms with Crippen LogP contribution in [-0.2, 0) is 16.6 Å². The number of amides is 1. The summed E-state index contributed by atoms with van der Waals surface area (Å²) in [7, 11) is 3.38. The molecule has 1 atom stereocenters. The largest absolute Gasteiger partial charge is 0.496 e. The number of allylic oxidation sites excluding steroid dienone is 1. The van der Waals surface area contributed by atoms with Crippen molar-refractivity contribution >= 4 is 61.4 Å². The normalized spacial score (nSPS) is 14.9. The standard InChI is InChI=1S/C30H23FIN5O3S/c1-36-17-18(16-34-36)26-15-22-28(41-26)25(10-12-33-22)40-23-9-8-19(14-21(23)31)35-30(38)27-24(39-2)11-13-37(29(27)32)20-6-4-3-5-7-20/h3-17,29H,1-2H3,(H,35,38). The number of para-hydroxylation sites is 1. The Bertz CT molecular complexity index is 1820. The minimum Gasteiger partial charge on any atom is -0.496 e. The van der Waals surface area contributed by atoms with E-state index in [9.17, 15) is 4.79 Å². The summed E-state index contributed by atoms with van der Waals surface area (Å²) in [5.41, 5.74) is 3.36. The predicted molar refractivity (Wildman–Crippen MR) is 167 cm³/mol. The lowest BCUT2D eigenvalue weighted by molar-refractivity contribution is -0.113. The van der Waals surface area contributed by atoms with Gasteiger partial charge in [-0.15, -0.1) is 11.3 Å². The molecule has 0 aliphatic carbocycles. The van der Waals surface area contributed by atoms with E-state index in [4.69, 9.17) is 9.47 Å². The number of hydrogen-bond donors (Lipinski definition) is 1. The average molecular weight is 680 g/mol. The SMILES string of the molecule is COC1=C(C(=O)Nc2ccc(Oc3ccnc4cc(-c5cnn(C)c5)sc34)c(F)c2)C(I)N(c2ccccc2)C=C1. The first kappa shape index (κ1) is 27.0. The Morgan fingerprint density at radius 2 is 1.95 bits per heavy atom. The summed E-state index contributed by atoms with van der Waals surface area (Å²) in [6.07, 6.45) is 8.95. The van der Waals surface area contributed by atoms with Gasteiger partial charge in [0.1, 0.15) is 15.6 Å². The number of nitrogens with zero attached hydrogens (tertiary/aromatic N) is 4. The Morgan fingerprint density at radius 3 is 2.68 bits per heavy atom. The number of aryl methyl sites for hydroxylation is 1. The highest BCUT2D eigenvalue weighted by atomic mass is 127. The quantitative estimate of drug-likeness (QED) is 0.111. The Kier molecular flexibility index (Phi) is 7.45. The van der Waals surface area contributed by atoms with Crippen molar-refractivity contribution in [2.45, 2.75) is 4.05 Å². The predicted octanol–water partition coefficient (Wildman–Crippen LogP) is 7.26. The summed E-state index contributed by atoms with van der Waals surface area (Å²) in [6.45, 7) is 0. The number of pyridine rings is 1. The van der Waals surface area contributed by atoms with Crippen molar-refractivity contribution in [2.24, 2.45) is 7.05 Å². The average Bonchev–Trinajstić information content (AvgIpc) is 3.61. The van der Waals surface area contributed by atoms with E-state index in [1.807, 2.05) is 60.7 Å². The van der Waals surface area contributed by atoms with Gasteiger partial charge in [-0.2, -0.15) is 5.10 Å². The molecule has 1 aliphatic heterocycles. The van der Waals surface area contributed by atoms with Gasteiger partial charge in [-0.05, 0) is 36.4 Å². The number of ether oxygens (including phenoxy) is 2. The minimum absolute atomic E-state index is 0.0336. The molecule has 0 bridgehead atoms. The van der Waals surface area contributed by atoms with Crippen molar-refractivity contribution in [1.82, 2.24) is 14.8 Å². The van der Waals surface area contributed by atoms with Crippen molar-refractivity contribution in [2.75, 3.05) is 17.3 Å². The van der Waals surface area contributed by atoms with Gasteiger partial charge in [0.15, 0.2) is 11.6 Å². The molecule has 1 amide bonds. The van der Waals surface area contributed by atoms with Gasteiger partial charge in [0.05, 0.1) is 29.1 Å². The Balaban J connectivity index is 1.22. The van der Waals surface area contributed by atoms with Gasteiger partial charge < -0.3 is 19.7 Å². The minimum atomic E-state index is -0.613. The van der Waals surface area contributed by atoms with Gasteiger partial charge in [-0.3, -0.25) is 14.5 Å². The highest BCUT2D eigenvalue weighted by Crippen LogP contribution is 2.40. The van der Waals surface area contributed by atoms with Crippen LogP contribution in [0.2, 0.25) is 0 Å². The number of fused-ring (bicyclic) bond motifs is 1. The van der Waals surface area contributed by atoms with Crippen LogP contribution in [0, 0.1) is 5.82 Å². The first-order valence-electron chi connectivity index (χ1n) is 12.5. The van der Waals surface area contributed by atoms with E-state index in [1.165, 1.54) is 30.6 Å². The van der Waals surface area contributed by atoms with Crippen LogP contribution < -0.4 is 15.0 Å².